The molecule has 0 saturated heterocycles. The number of carbonyl (C=O) groups is 2. The zero-order valence-corrected chi connectivity index (χ0v) is 43.5. The lowest BCUT2D eigenvalue weighted by atomic mass is 9.88. The van der Waals surface area contributed by atoms with Gasteiger partial charge < -0.3 is 9.80 Å². The van der Waals surface area contributed by atoms with Crippen molar-refractivity contribution in [2.45, 2.75) is 166 Å². The molecule has 342 valence electrons. The molecule has 4 aliphatic rings. The first-order valence-corrected chi connectivity index (χ1v) is 29.6. The van der Waals surface area contributed by atoms with Crippen LogP contribution in [0.3, 0.4) is 0 Å². The summed E-state index contributed by atoms with van der Waals surface area (Å²) in [7, 11) is 0. The van der Waals surface area contributed by atoms with Gasteiger partial charge in [0.25, 0.3) is 11.8 Å². The SMILES string of the molecule is CCCCCCN1C(=O)C2=C(C3(CCCCCC)CC=C(c4ccc(-c5cccs5)s4)S3)N(CCCCCC)C(=O)C2=C1C1(CCCCCC)CC=C(c2ccc(-c3cccs3)s2)S1. The Morgan fingerprint density at radius 3 is 1.23 bits per heavy atom. The number of unbranched alkanes of at least 4 members (excludes halogenated alkanes) is 12. The van der Waals surface area contributed by atoms with Crippen molar-refractivity contribution in [1.82, 2.24) is 9.80 Å². The first kappa shape index (κ1) is 47.9. The topological polar surface area (TPSA) is 40.6 Å². The summed E-state index contributed by atoms with van der Waals surface area (Å²) >= 11 is 11.3. The van der Waals surface area contributed by atoms with Crippen LogP contribution in [-0.2, 0) is 9.59 Å². The summed E-state index contributed by atoms with van der Waals surface area (Å²) in [6.07, 6.45) is 26.4. The molecule has 0 bridgehead atoms. The highest BCUT2D eigenvalue weighted by Crippen LogP contribution is 2.63. The van der Waals surface area contributed by atoms with E-state index in [0.29, 0.717) is 13.1 Å². The highest BCUT2D eigenvalue weighted by molar-refractivity contribution is 8.10. The lowest BCUT2D eigenvalue weighted by molar-refractivity contribution is -0.124. The Hall–Kier alpha value is -2.60. The number of allylic oxidation sites excluding steroid dienone is 2. The van der Waals surface area contributed by atoms with Gasteiger partial charge in [-0.2, -0.15) is 0 Å². The molecule has 4 aromatic rings. The van der Waals surface area contributed by atoms with Gasteiger partial charge in [0.1, 0.15) is 0 Å². The van der Waals surface area contributed by atoms with Crippen molar-refractivity contribution in [2.24, 2.45) is 0 Å². The fraction of sp³-hybridized carbons (Fsp3) is 0.519. The minimum Gasteiger partial charge on any atom is -0.310 e. The van der Waals surface area contributed by atoms with Gasteiger partial charge in [0.2, 0.25) is 0 Å². The molecule has 8 heterocycles. The van der Waals surface area contributed by atoms with Gasteiger partial charge in [0, 0.05) is 52.2 Å². The van der Waals surface area contributed by atoms with Gasteiger partial charge in [-0.25, -0.2) is 0 Å². The highest BCUT2D eigenvalue weighted by atomic mass is 32.2. The van der Waals surface area contributed by atoms with Crippen molar-refractivity contribution >= 4 is 90.5 Å². The van der Waals surface area contributed by atoms with Crippen LogP contribution in [0.1, 0.15) is 166 Å². The van der Waals surface area contributed by atoms with Crippen LogP contribution in [0.15, 0.2) is 94.0 Å². The van der Waals surface area contributed by atoms with E-state index in [1.807, 2.05) is 46.2 Å². The van der Waals surface area contributed by atoms with Gasteiger partial charge in [-0.05, 0) is 85.7 Å². The lowest BCUT2D eigenvalue weighted by Gasteiger charge is -2.39. The van der Waals surface area contributed by atoms with E-state index in [-0.39, 0.29) is 21.3 Å². The van der Waals surface area contributed by atoms with Crippen LogP contribution in [0.5, 0.6) is 0 Å². The van der Waals surface area contributed by atoms with Crippen LogP contribution in [0, 0.1) is 0 Å². The summed E-state index contributed by atoms with van der Waals surface area (Å²) in [6.45, 7) is 10.4. The van der Waals surface area contributed by atoms with Gasteiger partial charge in [-0.15, -0.1) is 68.9 Å². The molecule has 0 radical (unpaired) electrons. The number of hydrogen-bond acceptors (Lipinski definition) is 8. The number of rotatable bonds is 26. The Bertz CT molecular complexity index is 2160. The van der Waals surface area contributed by atoms with Crippen LogP contribution >= 0.6 is 68.9 Å². The fourth-order valence-corrected chi connectivity index (χ4v) is 17.1. The Kier molecular flexibility index (Phi) is 16.8. The minimum absolute atomic E-state index is 0.0945. The quantitative estimate of drug-likeness (QED) is 0.0588. The average Bonchev–Trinajstić information content (AvgIpc) is 4.16. The molecule has 0 aliphatic carbocycles. The second-order valence-corrected chi connectivity index (χ2v) is 25.0. The maximum absolute atomic E-state index is 15.9. The van der Waals surface area contributed by atoms with Crippen molar-refractivity contribution in [3.8, 4) is 19.5 Å². The van der Waals surface area contributed by atoms with E-state index in [9.17, 15) is 0 Å². The number of thioether (sulfide) groups is 2. The first-order chi connectivity index (χ1) is 31.4. The number of fused-ring (bicyclic) bond motifs is 1. The van der Waals surface area contributed by atoms with E-state index in [1.54, 1.807) is 22.7 Å². The molecule has 4 aliphatic heterocycles. The van der Waals surface area contributed by atoms with E-state index in [4.69, 9.17) is 0 Å². The van der Waals surface area contributed by atoms with Crippen LogP contribution in [0.2, 0.25) is 0 Å². The maximum Gasteiger partial charge on any atom is 0.260 e. The summed E-state index contributed by atoms with van der Waals surface area (Å²) in [5.41, 5.74) is 3.60. The molecule has 0 N–H and O–H groups in total. The monoisotopic (exact) mass is 968 g/mol. The summed E-state index contributed by atoms with van der Waals surface area (Å²) in [5.74, 6) is 0.189. The van der Waals surface area contributed by atoms with E-state index in [0.717, 1.165) is 125 Å². The molecule has 0 aromatic carbocycles. The van der Waals surface area contributed by atoms with Gasteiger partial charge in [-0.3, -0.25) is 9.59 Å². The van der Waals surface area contributed by atoms with E-state index in [1.165, 1.54) is 64.8 Å². The standard InChI is InChI=1S/C54H68N2O2S6/c1-5-9-13-17-31-53(33-29-45(63-53)43-27-25-41(61-43)39-23-21-37-59-39)49-47-48(52(58)55(49)35-19-15-11-7-3)50(56(51(47)57)36-20-16-12-8-4)54(32-18-14-10-6-2)34-30-46(64-54)44-28-26-42(62-44)40-24-22-38-60-40/h21-30,37-38H,5-20,31-36H2,1-4H3. The molecule has 4 nitrogen and oxygen atoms in total. The normalized spacial score (nSPS) is 21.1. The number of carbonyl (C=O) groups excluding carboxylic acids is 2. The third-order valence-electron chi connectivity index (χ3n) is 13.5. The van der Waals surface area contributed by atoms with Crippen LogP contribution in [0.4, 0.5) is 0 Å². The molecule has 10 heteroatoms. The number of hydrogen-bond donors (Lipinski definition) is 0. The molecule has 2 unspecified atom stereocenters. The summed E-state index contributed by atoms with van der Waals surface area (Å²) in [4.78, 5) is 46.5. The van der Waals surface area contributed by atoms with E-state index >= 15 is 9.59 Å². The molecule has 8 rings (SSSR count). The number of nitrogens with zero attached hydrogens (tertiary/aromatic N) is 2. The Balaban J connectivity index is 1.25. The number of thiophene rings is 4. The average molecular weight is 970 g/mol. The first-order valence-electron chi connectivity index (χ1n) is 24.6. The van der Waals surface area contributed by atoms with E-state index in [2.05, 4.69) is 109 Å². The largest absolute Gasteiger partial charge is 0.310 e. The minimum atomic E-state index is -0.387. The van der Waals surface area contributed by atoms with Gasteiger partial charge in [-0.1, -0.05) is 142 Å². The van der Waals surface area contributed by atoms with Crippen molar-refractivity contribution < 1.29 is 9.59 Å². The van der Waals surface area contributed by atoms with Gasteiger partial charge >= 0.3 is 0 Å². The van der Waals surface area contributed by atoms with Crippen LogP contribution < -0.4 is 0 Å². The number of amides is 2. The molecule has 0 spiro atoms. The molecular weight excluding hydrogens is 901 g/mol. The van der Waals surface area contributed by atoms with Crippen molar-refractivity contribution in [3.05, 3.63) is 104 Å². The van der Waals surface area contributed by atoms with Gasteiger partial charge in [0.15, 0.2) is 0 Å². The molecule has 0 saturated carbocycles. The molecule has 0 fully saturated rings. The van der Waals surface area contributed by atoms with Crippen LogP contribution in [0.25, 0.3) is 29.3 Å². The van der Waals surface area contributed by atoms with Crippen LogP contribution in [-0.4, -0.2) is 44.2 Å². The molecule has 4 aromatic heterocycles. The van der Waals surface area contributed by atoms with Crippen molar-refractivity contribution in [1.29, 1.82) is 0 Å². The third-order valence-corrected chi connectivity index (χ3v) is 21.2. The lowest BCUT2D eigenvalue weighted by Crippen LogP contribution is -2.43. The highest BCUT2D eigenvalue weighted by Gasteiger charge is 2.58. The maximum atomic E-state index is 15.9. The molecule has 2 amide bonds. The smallest absolute Gasteiger partial charge is 0.260 e. The van der Waals surface area contributed by atoms with Crippen molar-refractivity contribution in [2.75, 3.05) is 13.1 Å². The Labute approximate surface area is 408 Å². The molecular formula is C54H68N2O2S6. The Morgan fingerprint density at radius 1 is 0.469 bits per heavy atom. The Morgan fingerprint density at radius 2 is 0.859 bits per heavy atom. The zero-order chi connectivity index (χ0) is 44.5. The third kappa shape index (κ3) is 10.1. The molecule has 64 heavy (non-hydrogen) atoms. The van der Waals surface area contributed by atoms with Crippen molar-refractivity contribution in [3.63, 3.8) is 0 Å². The van der Waals surface area contributed by atoms with Gasteiger partial charge in [0.05, 0.1) is 32.0 Å². The summed E-state index contributed by atoms with van der Waals surface area (Å²) < 4.78 is -0.773. The second kappa shape index (κ2) is 22.5. The molecule has 2 atom stereocenters. The summed E-state index contributed by atoms with van der Waals surface area (Å²) in [5, 5.41) is 4.32. The predicted molar refractivity (Wildman–Crippen MR) is 284 cm³/mol. The summed E-state index contributed by atoms with van der Waals surface area (Å²) in [6, 6.07) is 17.9. The fourth-order valence-electron chi connectivity index (χ4n) is 10.1. The predicted octanol–water partition coefficient (Wildman–Crippen LogP) is 17.7. The second-order valence-electron chi connectivity index (χ2n) is 18.1. The zero-order valence-electron chi connectivity index (χ0n) is 38.6. The van der Waals surface area contributed by atoms with E-state index < -0.39 is 0 Å².